The zero-order valence-electron chi connectivity index (χ0n) is 12.5. The van der Waals surface area contributed by atoms with E-state index in [4.69, 9.17) is 0 Å². The Bertz CT molecular complexity index is 512. The summed E-state index contributed by atoms with van der Waals surface area (Å²) >= 11 is 3.43. The molecule has 1 aromatic rings. The van der Waals surface area contributed by atoms with Crippen molar-refractivity contribution in [2.75, 3.05) is 5.32 Å². The van der Waals surface area contributed by atoms with Crippen molar-refractivity contribution in [2.45, 2.75) is 65.0 Å². The van der Waals surface area contributed by atoms with Gasteiger partial charge in [-0.2, -0.15) is 5.10 Å². The summed E-state index contributed by atoms with van der Waals surface area (Å²) in [5.41, 5.74) is 0.761. The molecule has 2 unspecified atom stereocenters. The van der Waals surface area contributed by atoms with Crippen molar-refractivity contribution in [3.8, 4) is 0 Å². The molecule has 1 fully saturated rings. The predicted molar refractivity (Wildman–Crippen MR) is 86.2 cm³/mol. The lowest BCUT2D eigenvalue weighted by Gasteiger charge is -2.24. The first kappa shape index (κ1) is 15.5. The molecule has 0 spiro atoms. The lowest BCUT2D eigenvalue weighted by atomic mass is 9.97. The van der Waals surface area contributed by atoms with Crippen LogP contribution in [0, 0.1) is 5.92 Å². The summed E-state index contributed by atoms with van der Waals surface area (Å²) in [5, 5.41) is 7.79. The standard InChI is InChI=1S/C15H24BrN3O/c1-10(2)19-15(20)14(16)13(9-17-19)18-12-8-6-4-5-7-11(12)3/h9-12,18H,4-8H2,1-3H3. The number of nitrogens with zero attached hydrogens (tertiary/aromatic N) is 2. The number of halogens is 1. The molecule has 1 aliphatic rings. The zero-order chi connectivity index (χ0) is 14.7. The molecule has 1 heterocycles. The Balaban J connectivity index is 2.21. The molecule has 1 N–H and O–H groups in total. The summed E-state index contributed by atoms with van der Waals surface area (Å²) in [6, 6.07) is 0.509. The highest BCUT2D eigenvalue weighted by atomic mass is 79.9. The van der Waals surface area contributed by atoms with Crippen LogP contribution in [0.2, 0.25) is 0 Å². The number of rotatable bonds is 3. The molecule has 2 rings (SSSR count). The van der Waals surface area contributed by atoms with Gasteiger partial charge in [-0.3, -0.25) is 4.79 Å². The second kappa shape index (κ2) is 6.74. The third kappa shape index (κ3) is 3.43. The second-order valence-corrected chi connectivity index (χ2v) is 6.87. The van der Waals surface area contributed by atoms with Gasteiger partial charge in [0.05, 0.1) is 17.9 Å². The van der Waals surface area contributed by atoms with Crippen LogP contribution in [0.5, 0.6) is 0 Å². The van der Waals surface area contributed by atoms with E-state index in [2.05, 4.69) is 33.3 Å². The van der Waals surface area contributed by atoms with Crippen LogP contribution in [0.25, 0.3) is 0 Å². The molecular formula is C15H24BrN3O. The number of hydrogen-bond acceptors (Lipinski definition) is 3. The Morgan fingerprint density at radius 3 is 2.75 bits per heavy atom. The molecule has 4 nitrogen and oxygen atoms in total. The van der Waals surface area contributed by atoms with Gasteiger partial charge in [-0.25, -0.2) is 4.68 Å². The van der Waals surface area contributed by atoms with Crippen LogP contribution in [0.3, 0.4) is 0 Å². The van der Waals surface area contributed by atoms with E-state index in [0.717, 1.165) is 5.69 Å². The predicted octanol–water partition coefficient (Wildman–Crippen LogP) is 3.97. The number of anilines is 1. The Hall–Kier alpha value is -0.840. The lowest BCUT2D eigenvalue weighted by molar-refractivity contribution is 0.454. The Kier molecular flexibility index (Phi) is 5.24. The van der Waals surface area contributed by atoms with Gasteiger partial charge in [0.2, 0.25) is 0 Å². The minimum absolute atomic E-state index is 0.0636. The first-order valence-corrected chi connectivity index (χ1v) is 8.34. The second-order valence-electron chi connectivity index (χ2n) is 6.08. The van der Waals surface area contributed by atoms with Crippen molar-refractivity contribution < 1.29 is 0 Å². The van der Waals surface area contributed by atoms with E-state index in [1.807, 2.05) is 13.8 Å². The van der Waals surface area contributed by atoms with Gasteiger partial charge >= 0.3 is 0 Å². The van der Waals surface area contributed by atoms with Crippen molar-refractivity contribution >= 4 is 21.6 Å². The first-order chi connectivity index (χ1) is 9.50. The summed E-state index contributed by atoms with van der Waals surface area (Å²) in [7, 11) is 0. The molecule has 0 radical (unpaired) electrons. The molecule has 2 atom stereocenters. The van der Waals surface area contributed by atoms with Crippen LogP contribution >= 0.6 is 15.9 Å². The minimum atomic E-state index is -0.0636. The van der Waals surface area contributed by atoms with E-state index >= 15 is 0 Å². The Labute approximate surface area is 129 Å². The van der Waals surface area contributed by atoms with Crippen molar-refractivity contribution in [3.05, 3.63) is 21.0 Å². The fraction of sp³-hybridized carbons (Fsp3) is 0.733. The maximum Gasteiger partial charge on any atom is 0.283 e. The highest BCUT2D eigenvalue weighted by Crippen LogP contribution is 2.27. The molecule has 5 heteroatoms. The van der Waals surface area contributed by atoms with E-state index in [1.165, 1.54) is 36.8 Å². The summed E-state index contributed by atoms with van der Waals surface area (Å²) in [4.78, 5) is 12.2. The SMILES string of the molecule is CC1CCCCCC1Nc1cnn(C(C)C)c(=O)c1Br. The number of aromatic nitrogens is 2. The van der Waals surface area contributed by atoms with Crippen LogP contribution in [0.15, 0.2) is 15.5 Å². The zero-order valence-corrected chi connectivity index (χ0v) is 14.1. The van der Waals surface area contributed by atoms with Gasteiger partial charge in [0.1, 0.15) is 4.47 Å². The summed E-state index contributed by atoms with van der Waals surface area (Å²) in [6.45, 7) is 6.21. The maximum atomic E-state index is 12.2. The smallest absolute Gasteiger partial charge is 0.283 e. The van der Waals surface area contributed by atoms with Crippen molar-refractivity contribution in [2.24, 2.45) is 5.92 Å². The normalized spacial score (nSPS) is 23.6. The molecular weight excluding hydrogens is 318 g/mol. The van der Waals surface area contributed by atoms with Crippen molar-refractivity contribution in [1.29, 1.82) is 0 Å². The van der Waals surface area contributed by atoms with Crippen LogP contribution in [-0.2, 0) is 0 Å². The highest BCUT2D eigenvalue weighted by Gasteiger charge is 2.21. The van der Waals surface area contributed by atoms with Gasteiger partial charge in [0.15, 0.2) is 0 Å². The molecule has 1 saturated carbocycles. The van der Waals surface area contributed by atoms with Gasteiger partial charge in [0, 0.05) is 6.04 Å². The average Bonchev–Trinajstić information content (AvgIpc) is 2.60. The van der Waals surface area contributed by atoms with Gasteiger partial charge in [-0.1, -0.05) is 26.2 Å². The van der Waals surface area contributed by atoms with Gasteiger partial charge in [0.25, 0.3) is 5.56 Å². The van der Waals surface area contributed by atoms with Crippen molar-refractivity contribution in [1.82, 2.24) is 9.78 Å². The molecule has 0 saturated heterocycles. The van der Waals surface area contributed by atoms with Gasteiger partial charge < -0.3 is 5.32 Å². The highest BCUT2D eigenvalue weighted by molar-refractivity contribution is 9.10. The minimum Gasteiger partial charge on any atom is -0.380 e. The molecule has 1 aromatic heterocycles. The molecule has 0 amide bonds. The molecule has 0 aromatic carbocycles. The largest absolute Gasteiger partial charge is 0.380 e. The quantitative estimate of drug-likeness (QED) is 0.846. The number of nitrogens with one attached hydrogen (secondary N) is 1. The van der Waals surface area contributed by atoms with Gasteiger partial charge in [-0.15, -0.1) is 0 Å². The van der Waals surface area contributed by atoms with Gasteiger partial charge in [-0.05, 0) is 48.5 Å². The molecule has 0 aliphatic heterocycles. The Morgan fingerprint density at radius 2 is 2.05 bits per heavy atom. The van der Waals surface area contributed by atoms with E-state index < -0.39 is 0 Å². The average molecular weight is 342 g/mol. The van der Waals surface area contributed by atoms with E-state index in [0.29, 0.717) is 16.4 Å². The Morgan fingerprint density at radius 1 is 1.35 bits per heavy atom. The first-order valence-electron chi connectivity index (χ1n) is 7.54. The molecule has 112 valence electrons. The maximum absolute atomic E-state index is 12.2. The number of hydrogen-bond donors (Lipinski definition) is 1. The van der Waals surface area contributed by atoms with Crippen molar-refractivity contribution in [3.63, 3.8) is 0 Å². The van der Waals surface area contributed by atoms with Crippen LogP contribution in [0.4, 0.5) is 5.69 Å². The van der Waals surface area contributed by atoms with E-state index in [9.17, 15) is 4.79 Å². The topological polar surface area (TPSA) is 46.9 Å². The third-order valence-electron chi connectivity index (χ3n) is 4.14. The van der Waals surface area contributed by atoms with E-state index in [1.54, 1.807) is 6.20 Å². The summed E-state index contributed by atoms with van der Waals surface area (Å²) in [6.07, 6.45) is 8.08. The fourth-order valence-electron chi connectivity index (χ4n) is 2.82. The molecule has 1 aliphatic carbocycles. The van der Waals surface area contributed by atoms with Crippen LogP contribution in [0.1, 0.15) is 58.9 Å². The summed E-state index contributed by atoms with van der Waals surface area (Å²) < 4.78 is 2.10. The van der Waals surface area contributed by atoms with Crippen LogP contribution in [-0.4, -0.2) is 15.8 Å². The summed E-state index contributed by atoms with van der Waals surface area (Å²) in [5.74, 6) is 0.636. The fourth-order valence-corrected chi connectivity index (χ4v) is 3.22. The van der Waals surface area contributed by atoms with Crippen LogP contribution < -0.4 is 10.9 Å². The lowest BCUT2D eigenvalue weighted by Crippen LogP contribution is -2.30. The monoisotopic (exact) mass is 341 g/mol. The van der Waals surface area contributed by atoms with E-state index in [-0.39, 0.29) is 11.6 Å². The third-order valence-corrected chi connectivity index (χ3v) is 4.90. The molecule has 0 bridgehead atoms. The molecule has 20 heavy (non-hydrogen) atoms.